The number of amides is 1. The van der Waals surface area contributed by atoms with Crippen LogP contribution in [0.1, 0.15) is 29.2 Å². The molecule has 0 aliphatic heterocycles. The van der Waals surface area contributed by atoms with Gasteiger partial charge in [0.2, 0.25) is 0 Å². The van der Waals surface area contributed by atoms with E-state index in [0.29, 0.717) is 16.7 Å². The molecule has 28 heavy (non-hydrogen) atoms. The summed E-state index contributed by atoms with van der Waals surface area (Å²) in [6.45, 7) is 0. The molecule has 3 heterocycles. The highest BCUT2D eigenvalue weighted by Crippen LogP contribution is 2.34. The molecule has 0 spiro atoms. The van der Waals surface area contributed by atoms with E-state index in [1.807, 2.05) is 0 Å². The summed E-state index contributed by atoms with van der Waals surface area (Å²) in [6.07, 6.45) is 3.05. The number of nitrogens with zero attached hydrogens (tertiary/aromatic N) is 2. The lowest BCUT2D eigenvalue weighted by molar-refractivity contribution is 0.102. The van der Waals surface area contributed by atoms with E-state index in [9.17, 15) is 19.2 Å². The van der Waals surface area contributed by atoms with Gasteiger partial charge in [0.25, 0.3) is 11.5 Å². The Balaban J connectivity index is 1.52. The second kappa shape index (κ2) is 5.78. The monoisotopic (exact) mass is 378 g/mol. The molecule has 0 unspecified atom stereocenters. The molecule has 0 radical (unpaired) electrons. The maximum Gasteiger partial charge on any atom is 0.330 e. The number of carbonyl (C=O) groups is 1. The number of fused-ring (bicyclic) bond motifs is 2. The lowest BCUT2D eigenvalue weighted by Gasteiger charge is -2.09. The second-order valence-corrected chi connectivity index (χ2v) is 6.75. The Morgan fingerprint density at radius 1 is 1.07 bits per heavy atom. The molecule has 1 aromatic carbocycles. The molecule has 5 rings (SSSR count). The Labute approximate surface area is 155 Å². The summed E-state index contributed by atoms with van der Waals surface area (Å²) in [5, 5.41) is 2.89. The van der Waals surface area contributed by atoms with E-state index in [1.54, 1.807) is 18.2 Å². The number of hydrogen-bond donors (Lipinski definition) is 4. The molecule has 4 aromatic rings. The van der Waals surface area contributed by atoms with Crippen molar-refractivity contribution in [2.24, 2.45) is 0 Å². The Hall–Kier alpha value is -3.95. The van der Waals surface area contributed by atoms with Crippen molar-refractivity contribution in [2.45, 2.75) is 18.9 Å². The normalized spacial score (nSPS) is 13.9. The van der Waals surface area contributed by atoms with E-state index >= 15 is 0 Å². The number of H-pyrrole nitrogens is 3. The van der Waals surface area contributed by atoms with Crippen molar-refractivity contribution >= 4 is 33.7 Å². The minimum atomic E-state index is -0.578. The van der Waals surface area contributed by atoms with Crippen molar-refractivity contribution in [1.82, 2.24) is 24.5 Å². The number of pyridine rings is 1. The van der Waals surface area contributed by atoms with Crippen molar-refractivity contribution in [3.05, 3.63) is 67.3 Å². The van der Waals surface area contributed by atoms with Crippen LogP contribution >= 0.6 is 0 Å². The SMILES string of the molecule is O=C(Nc1ccc2[nH]c(=O)[nH]c2c1)c1cnc2c(c1)c(=O)[nH]c(=O)n2C1CC1. The topological polar surface area (TPSA) is 146 Å². The van der Waals surface area contributed by atoms with Crippen LogP contribution in [0.25, 0.3) is 22.1 Å². The molecule has 10 heteroatoms. The summed E-state index contributed by atoms with van der Waals surface area (Å²) in [5.74, 6) is -0.463. The Morgan fingerprint density at radius 3 is 2.64 bits per heavy atom. The third kappa shape index (κ3) is 2.62. The number of carbonyl (C=O) groups excluding carboxylic acids is 1. The number of hydrogen-bond acceptors (Lipinski definition) is 5. The summed E-state index contributed by atoms with van der Waals surface area (Å²) >= 11 is 0. The molecule has 0 bridgehead atoms. The number of rotatable bonds is 3. The molecule has 1 aliphatic rings. The molecule has 4 N–H and O–H groups in total. The number of anilines is 1. The molecular formula is C18H14N6O4. The van der Waals surface area contributed by atoms with Crippen LogP contribution < -0.4 is 22.3 Å². The van der Waals surface area contributed by atoms with Gasteiger partial charge in [-0.2, -0.15) is 0 Å². The van der Waals surface area contributed by atoms with Crippen LogP contribution in [0, 0.1) is 0 Å². The van der Waals surface area contributed by atoms with Crippen LogP contribution in [0.3, 0.4) is 0 Å². The highest BCUT2D eigenvalue weighted by Gasteiger charge is 2.27. The Kier molecular flexibility index (Phi) is 3.35. The van der Waals surface area contributed by atoms with E-state index < -0.39 is 17.2 Å². The number of imidazole rings is 1. The van der Waals surface area contributed by atoms with Crippen LogP contribution in [-0.2, 0) is 0 Å². The number of aromatic amines is 3. The van der Waals surface area contributed by atoms with E-state index in [0.717, 1.165) is 12.8 Å². The van der Waals surface area contributed by atoms with Crippen molar-refractivity contribution in [1.29, 1.82) is 0 Å². The highest BCUT2D eigenvalue weighted by atomic mass is 16.2. The highest BCUT2D eigenvalue weighted by molar-refractivity contribution is 6.06. The summed E-state index contributed by atoms with van der Waals surface area (Å²) in [6, 6.07) is 6.40. The summed E-state index contributed by atoms with van der Waals surface area (Å²) < 4.78 is 1.47. The van der Waals surface area contributed by atoms with Crippen molar-refractivity contribution in [3.63, 3.8) is 0 Å². The largest absolute Gasteiger partial charge is 0.330 e. The first-order valence-corrected chi connectivity index (χ1v) is 8.67. The van der Waals surface area contributed by atoms with Crippen LogP contribution in [-0.4, -0.2) is 30.4 Å². The zero-order chi connectivity index (χ0) is 19.4. The quantitative estimate of drug-likeness (QED) is 0.417. The molecule has 0 saturated heterocycles. The lowest BCUT2D eigenvalue weighted by atomic mass is 10.2. The van der Waals surface area contributed by atoms with Crippen molar-refractivity contribution < 1.29 is 4.79 Å². The summed E-state index contributed by atoms with van der Waals surface area (Å²) in [4.78, 5) is 59.9. The van der Waals surface area contributed by atoms with E-state index in [-0.39, 0.29) is 28.3 Å². The van der Waals surface area contributed by atoms with Gasteiger partial charge in [0.15, 0.2) is 0 Å². The average molecular weight is 378 g/mol. The number of benzene rings is 1. The van der Waals surface area contributed by atoms with E-state index in [1.165, 1.54) is 16.8 Å². The zero-order valence-corrected chi connectivity index (χ0v) is 14.4. The van der Waals surface area contributed by atoms with Gasteiger partial charge >= 0.3 is 11.4 Å². The van der Waals surface area contributed by atoms with E-state index in [4.69, 9.17) is 0 Å². The van der Waals surface area contributed by atoms with Gasteiger partial charge in [-0.25, -0.2) is 14.6 Å². The van der Waals surface area contributed by atoms with Gasteiger partial charge in [0.05, 0.1) is 22.0 Å². The van der Waals surface area contributed by atoms with Crippen LogP contribution in [0.4, 0.5) is 5.69 Å². The molecule has 140 valence electrons. The van der Waals surface area contributed by atoms with Gasteiger partial charge in [0, 0.05) is 17.9 Å². The van der Waals surface area contributed by atoms with Crippen molar-refractivity contribution in [3.8, 4) is 0 Å². The van der Waals surface area contributed by atoms with Gasteiger partial charge < -0.3 is 15.3 Å². The second-order valence-electron chi connectivity index (χ2n) is 6.75. The first kappa shape index (κ1) is 16.2. The van der Waals surface area contributed by atoms with Gasteiger partial charge in [-0.3, -0.25) is 19.1 Å². The van der Waals surface area contributed by atoms with Gasteiger partial charge in [-0.15, -0.1) is 0 Å². The summed E-state index contributed by atoms with van der Waals surface area (Å²) in [5.41, 5.74) is 0.719. The van der Waals surface area contributed by atoms with Gasteiger partial charge in [-0.1, -0.05) is 0 Å². The smallest absolute Gasteiger partial charge is 0.322 e. The molecular weight excluding hydrogens is 364 g/mol. The fraction of sp³-hybridized carbons (Fsp3) is 0.167. The molecule has 1 aliphatic carbocycles. The number of nitrogens with one attached hydrogen (secondary N) is 4. The minimum Gasteiger partial charge on any atom is -0.322 e. The molecule has 1 amide bonds. The van der Waals surface area contributed by atoms with Crippen LogP contribution in [0.5, 0.6) is 0 Å². The minimum absolute atomic E-state index is 0.0364. The molecule has 10 nitrogen and oxygen atoms in total. The fourth-order valence-corrected chi connectivity index (χ4v) is 3.25. The Bertz CT molecular complexity index is 1440. The third-order valence-corrected chi connectivity index (χ3v) is 4.73. The maximum absolute atomic E-state index is 12.6. The third-order valence-electron chi connectivity index (χ3n) is 4.73. The predicted octanol–water partition coefficient (Wildman–Crippen LogP) is 0.842. The maximum atomic E-state index is 12.6. The molecule has 3 aromatic heterocycles. The molecule has 1 saturated carbocycles. The zero-order valence-electron chi connectivity index (χ0n) is 14.4. The van der Waals surface area contributed by atoms with Gasteiger partial charge in [0.1, 0.15) is 5.65 Å². The van der Waals surface area contributed by atoms with E-state index in [2.05, 4.69) is 25.3 Å². The fourth-order valence-electron chi connectivity index (χ4n) is 3.25. The predicted molar refractivity (Wildman–Crippen MR) is 102 cm³/mol. The standard InChI is InChI=1S/C18H14N6O4/c25-15(20-9-1-4-12-13(6-9)22-17(27)21-12)8-5-11-14(19-7-8)24(10-2-3-10)18(28)23-16(11)26/h1,4-7,10H,2-3H2,(H,20,25)(H2,21,22,27)(H,23,26,28). The summed E-state index contributed by atoms with van der Waals surface area (Å²) in [7, 11) is 0. The van der Waals surface area contributed by atoms with Crippen LogP contribution in [0.15, 0.2) is 44.8 Å². The molecule has 0 atom stereocenters. The van der Waals surface area contributed by atoms with Crippen LogP contribution in [0.2, 0.25) is 0 Å². The first-order valence-electron chi connectivity index (χ1n) is 8.67. The number of aromatic nitrogens is 5. The first-order chi connectivity index (χ1) is 13.5. The molecule has 1 fully saturated rings. The average Bonchev–Trinajstić information content (AvgIpc) is 3.42. The van der Waals surface area contributed by atoms with Crippen molar-refractivity contribution in [2.75, 3.05) is 5.32 Å². The Morgan fingerprint density at radius 2 is 1.86 bits per heavy atom. The lowest BCUT2D eigenvalue weighted by Crippen LogP contribution is -2.30. The van der Waals surface area contributed by atoms with Gasteiger partial charge in [-0.05, 0) is 37.1 Å².